The minimum atomic E-state index is 0.468. The van der Waals surface area contributed by atoms with E-state index in [0.717, 1.165) is 12.1 Å². The first-order valence-electron chi connectivity index (χ1n) is 4.11. The van der Waals surface area contributed by atoms with Crippen LogP contribution in [0.2, 0.25) is 0 Å². The van der Waals surface area contributed by atoms with Crippen LogP contribution in [-0.2, 0) is 6.42 Å². The van der Waals surface area contributed by atoms with Crippen molar-refractivity contribution in [3.05, 3.63) is 30.3 Å². The van der Waals surface area contributed by atoms with Crippen molar-refractivity contribution >= 4 is 0 Å². The average molecular weight is 175 g/mol. The van der Waals surface area contributed by atoms with Crippen molar-refractivity contribution in [2.24, 2.45) is 0 Å². The molecular weight excluding hydrogens is 166 g/mol. The number of hydrogen-bond acceptors (Lipinski definition) is 4. The normalized spacial score (nSPS) is 10.2. The van der Waals surface area contributed by atoms with E-state index in [1.807, 2.05) is 12.1 Å². The number of rotatable bonds is 2. The Morgan fingerprint density at radius 1 is 1.46 bits per heavy atom. The van der Waals surface area contributed by atoms with Crippen molar-refractivity contribution in [3.8, 4) is 11.6 Å². The molecule has 0 saturated carbocycles. The topological polar surface area (TPSA) is 51.8 Å². The van der Waals surface area contributed by atoms with Crippen LogP contribution >= 0.6 is 0 Å². The molecule has 4 nitrogen and oxygen atoms in total. The predicted molar refractivity (Wildman–Crippen MR) is 46.9 cm³/mol. The van der Waals surface area contributed by atoms with Gasteiger partial charge in [0.15, 0.2) is 0 Å². The lowest BCUT2D eigenvalue weighted by molar-refractivity contribution is 0.566. The zero-order valence-corrected chi connectivity index (χ0v) is 7.27. The third-order valence-corrected chi connectivity index (χ3v) is 1.81. The van der Waals surface area contributed by atoms with Gasteiger partial charge in [-0.15, -0.1) is 10.2 Å². The summed E-state index contributed by atoms with van der Waals surface area (Å²) in [6.45, 7) is 2.09. The quantitative estimate of drug-likeness (QED) is 0.697. The van der Waals surface area contributed by atoms with Crippen molar-refractivity contribution in [2.45, 2.75) is 13.3 Å². The summed E-state index contributed by atoms with van der Waals surface area (Å²) in [6, 6.07) is 3.92. The fourth-order valence-electron chi connectivity index (χ4n) is 1.10. The average Bonchev–Trinajstić information content (AvgIpc) is 2.71. The molecule has 0 fully saturated rings. The Balaban J connectivity index is 2.41. The van der Waals surface area contributed by atoms with E-state index in [0.29, 0.717) is 5.89 Å². The van der Waals surface area contributed by atoms with Gasteiger partial charge in [-0.25, -0.2) is 0 Å². The van der Waals surface area contributed by atoms with E-state index in [-0.39, 0.29) is 0 Å². The number of aromatic nitrogens is 3. The number of hydrogen-bond donors (Lipinski definition) is 0. The molecule has 0 N–H and O–H groups in total. The molecule has 0 atom stereocenters. The molecule has 0 aliphatic carbocycles. The van der Waals surface area contributed by atoms with Gasteiger partial charge in [0.2, 0.25) is 6.39 Å². The van der Waals surface area contributed by atoms with Gasteiger partial charge in [-0.05, 0) is 24.1 Å². The van der Waals surface area contributed by atoms with E-state index in [9.17, 15) is 0 Å². The second-order valence-corrected chi connectivity index (χ2v) is 2.65. The molecule has 66 valence electrons. The van der Waals surface area contributed by atoms with Gasteiger partial charge in [-0.3, -0.25) is 4.98 Å². The predicted octanol–water partition coefficient (Wildman–Crippen LogP) is 1.69. The Labute approximate surface area is 75.6 Å². The molecule has 0 spiro atoms. The molecule has 2 aromatic rings. The molecular formula is C9H9N3O. The highest BCUT2D eigenvalue weighted by molar-refractivity contribution is 5.46. The van der Waals surface area contributed by atoms with Crippen molar-refractivity contribution in [2.75, 3.05) is 0 Å². The number of aryl methyl sites for hydroxylation is 1. The second-order valence-electron chi connectivity index (χ2n) is 2.65. The van der Waals surface area contributed by atoms with Crippen molar-refractivity contribution in [1.29, 1.82) is 0 Å². The molecule has 0 amide bonds. The first-order valence-corrected chi connectivity index (χ1v) is 4.11. The van der Waals surface area contributed by atoms with Gasteiger partial charge in [-0.1, -0.05) is 6.92 Å². The molecule has 0 unspecified atom stereocenters. The van der Waals surface area contributed by atoms with Crippen LogP contribution in [0.1, 0.15) is 12.5 Å². The maximum atomic E-state index is 5.03. The summed E-state index contributed by atoms with van der Waals surface area (Å²) < 4.78 is 5.03. The van der Waals surface area contributed by atoms with Crippen LogP contribution in [0, 0.1) is 0 Å². The molecule has 0 bridgehead atoms. The molecule has 0 saturated heterocycles. The standard InChI is InChI=1S/C9H9N3O/c1-2-7-3-4-10-8(5-7)9-12-11-6-13-9/h3-6H,2H2,1H3. The first kappa shape index (κ1) is 7.91. The van der Waals surface area contributed by atoms with E-state index in [2.05, 4.69) is 22.1 Å². The van der Waals surface area contributed by atoms with E-state index >= 15 is 0 Å². The molecule has 4 heteroatoms. The van der Waals surface area contributed by atoms with Crippen LogP contribution in [0.5, 0.6) is 0 Å². The summed E-state index contributed by atoms with van der Waals surface area (Å²) >= 11 is 0. The molecule has 2 rings (SSSR count). The molecule has 0 radical (unpaired) electrons. The second kappa shape index (κ2) is 3.35. The number of pyridine rings is 1. The summed E-state index contributed by atoms with van der Waals surface area (Å²) in [7, 11) is 0. The highest BCUT2D eigenvalue weighted by Crippen LogP contribution is 2.14. The van der Waals surface area contributed by atoms with Crippen molar-refractivity contribution < 1.29 is 4.42 Å². The summed E-state index contributed by atoms with van der Waals surface area (Å²) in [4.78, 5) is 4.13. The summed E-state index contributed by atoms with van der Waals surface area (Å²) in [5.41, 5.74) is 1.94. The third-order valence-electron chi connectivity index (χ3n) is 1.81. The van der Waals surface area contributed by atoms with Crippen LogP contribution < -0.4 is 0 Å². The maximum Gasteiger partial charge on any atom is 0.266 e. The van der Waals surface area contributed by atoms with Gasteiger partial charge in [0.25, 0.3) is 5.89 Å². The highest BCUT2D eigenvalue weighted by atomic mass is 16.4. The van der Waals surface area contributed by atoms with Crippen molar-refractivity contribution in [3.63, 3.8) is 0 Å². The number of nitrogens with zero attached hydrogens (tertiary/aromatic N) is 3. The molecule has 0 aliphatic heterocycles. The lowest BCUT2D eigenvalue weighted by Crippen LogP contribution is -1.86. The van der Waals surface area contributed by atoms with E-state index in [1.54, 1.807) is 6.20 Å². The Morgan fingerprint density at radius 2 is 2.38 bits per heavy atom. The lowest BCUT2D eigenvalue weighted by Gasteiger charge is -1.96. The van der Waals surface area contributed by atoms with Crippen molar-refractivity contribution in [1.82, 2.24) is 15.2 Å². The largest absolute Gasteiger partial charge is 0.422 e. The molecule has 13 heavy (non-hydrogen) atoms. The van der Waals surface area contributed by atoms with Gasteiger partial charge in [0.05, 0.1) is 0 Å². The summed E-state index contributed by atoms with van der Waals surface area (Å²) in [5.74, 6) is 0.468. The lowest BCUT2D eigenvalue weighted by atomic mass is 10.2. The third kappa shape index (κ3) is 1.56. The Kier molecular flexibility index (Phi) is 2.04. The zero-order valence-electron chi connectivity index (χ0n) is 7.27. The van der Waals surface area contributed by atoms with Gasteiger partial charge in [-0.2, -0.15) is 0 Å². The molecule has 0 aromatic carbocycles. The first-order chi connectivity index (χ1) is 6.40. The van der Waals surface area contributed by atoms with E-state index in [4.69, 9.17) is 4.42 Å². The van der Waals surface area contributed by atoms with Crippen LogP contribution in [0.25, 0.3) is 11.6 Å². The Bertz CT molecular complexity index is 384. The Hall–Kier alpha value is -1.71. The van der Waals surface area contributed by atoms with Crippen LogP contribution in [0.3, 0.4) is 0 Å². The van der Waals surface area contributed by atoms with Gasteiger partial charge in [0, 0.05) is 6.20 Å². The zero-order chi connectivity index (χ0) is 9.10. The minimum absolute atomic E-state index is 0.468. The summed E-state index contributed by atoms with van der Waals surface area (Å²) in [5, 5.41) is 7.38. The van der Waals surface area contributed by atoms with Gasteiger partial charge < -0.3 is 4.42 Å². The Morgan fingerprint density at radius 3 is 3.08 bits per heavy atom. The van der Waals surface area contributed by atoms with Gasteiger partial charge in [0.1, 0.15) is 5.69 Å². The smallest absolute Gasteiger partial charge is 0.266 e. The van der Waals surface area contributed by atoms with Crippen LogP contribution in [-0.4, -0.2) is 15.2 Å². The molecule has 2 aromatic heterocycles. The van der Waals surface area contributed by atoms with Gasteiger partial charge >= 0.3 is 0 Å². The van der Waals surface area contributed by atoms with Crippen LogP contribution in [0.15, 0.2) is 29.1 Å². The molecule has 2 heterocycles. The van der Waals surface area contributed by atoms with Crippen LogP contribution in [0.4, 0.5) is 0 Å². The van der Waals surface area contributed by atoms with E-state index < -0.39 is 0 Å². The highest BCUT2D eigenvalue weighted by Gasteiger charge is 2.04. The SMILES string of the molecule is CCc1ccnc(-c2nnco2)c1. The minimum Gasteiger partial charge on any atom is -0.422 e. The van der Waals surface area contributed by atoms with E-state index in [1.165, 1.54) is 12.0 Å². The molecule has 0 aliphatic rings. The fraction of sp³-hybridized carbons (Fsp3) is 0.222. The maximum absolute atomic E-state index is 5.03. The monoisotopic (exact) mass is 175 g/mol. The summed E-state index contributed by atoms with van der Waals surface area (Å²) in [6.07, 6.45) is 4.03. The fourth-order valence-corrected chi connectivity index (χ4v) is 1.10.